The third kappa shape index (κ3) is 2.24. The lowest BCUT2D eigenvalue weighted by molar-refractivity contribution is 0.102. The smallest absolute Gasteiger partial charge is 0.258 e. The Balaban J connectivity index is 1.53. The van der Waals surface area contributed by atoms with E-state index in [-0.39, 0.29) is 5.91 Å². The predicted octanol–water partition coefficient (Wildman–Crippen LogP) is 2.21. The van der Waals surface area contributed by atoms with E-state index >= 15 is 0 Å². The maximum Gasteiger partial charge on any atom is 0.258 e. The molecule has 112 valence electrons. The molecule has 3 aromatic heterocycles. The summed E-state index contributed by atoms with van der Waals surface area (Å²) < 4.78 is 3.55. The zero-order valence-corrected chi connectivity index (χ0v) is 12.2. The number of aryl methyl sites for hydroxylation is 1. The van der Waals surface area contributed by atoms with E-state index in [1.807, 2.05) is 29.9 Å². The highest BCUT2D eigenvalue weighted by molar-refractivity contribution is 6.03. The topological polar surface area (TPSA) is 77.1 Å². The summed E-state index contributed by atoms with van der Waals surface area (Å²) in [5, 5.41) is 11.4. The van der Waals surface area contributed by atoms with E-state index in [4.69, 9.17) is 0 Å². The molecule has 0 saturated heterocycles. The highest BCUT2D eigenvalue weighted by Crippen LogP contribution is 2.30. The highest BCUT2D eigenvalue weighted by atomic mass is 16.1. The van der Waals surface area contributed by atoms with Crippen LogP contribution in [0, 0.1) is 6.92 Å². The minimum absolute atomic E-state index is 0.165. The van der Waals surface area contributed by atoms with Crippen LogP contribution in [0.2, 0.25) is 0 Å². The van der Waals surface area contributed by atoms with Gasteiger partial charge >= 0.3 is 0 Å². The summed E-state index contributed by atoms with van der Waals surface area (Å²) in [7, 11) is 0. The van der Waals surface area contributed by atoms with Gasteiger partial charge in [-0.3, -0.25) is 9.48 Å². The molecule has 1 fully saturated rings. The van der Waals surface area contributed by atoms with Crippen LogP contribution < -0.4 is 5.32 Å². The molecule has 1 aliphatic carbocycles. The Bertz CT molecular complexity index is 845. The van der Waals surface area contributed by atoms with Crippen LogP contribution in [0.4, 0.5) is 5.69 Å². The number of hydrogen-bond donors (Lipinski definition) is 1. The second-order valence-electron chi connectivity index (χ2n) is 5.63. The molecule has 7 nitrogen and oxygen atoms in total. The van der Waals surface area contributed by atoms with Gasteiger partial charge in [-0.05, 0) is 38.3 Å². The Labute approximate surface area is 127 Å². The summed E-state index contributed by atoms with van der Waals surface area (Å²) in [4.78, 5) is 16.5. The molecule has 1 N–H and O–H groups in total. The summed E-state index contributed by atoms with van der Waals surface area (Å²) in [6, 6.07) is 4.10. The highest BCUT2D eigenvalue weighted by Gasteiger charge is 2.21. The van der Waals surface area contributed by atoms with Gasteiger partial charge in [-0.25, -0.2) is 9.50 Å². The molecule has 7 heteroatoms. The number of hydrogen-bond acceptors (Lipinski definition) is 4. The van der Waals surface area contributed by atoms with Gasteiger partial charge in [0.15, 0.2) is 5.65 Å². The molecule has 1 saturated carbocycles. The molecule has 1 aliphatic rings. The third-order valence-corrected chi connectivity index (χ3v) is 4.01. The number of amides is 1. The SMILES string of the molecule is Cc1nc2ccc(NC(=O)c3cnn(C4CCC4)c3)cn2n1. The van der Waals surface area contributed by atoms with Crippen molar-refractivity contribution in [3.63, 3.8) is 0 Å². The zero-order valence-electron chi connectivity index (χ0n) is 12.2. The van der Waals surface area contributed by atoms with Crippen LogP contribution >= 0.6 is 0 Å². The van der Waals surface area contributed by atoms with Crippen LogP contribution in [-0.2, 0) is 0 Å². The van der Waals surface area contributed by atoms with E-state index in [9.17, 15) is 4.79 Å². The Hall–Kier alpha value is -2.70. The van der Waals surface area contributed by atoms with Gasteiger partial charge in [0.1, 0.15) is 5.82 Å². The monoisotopic (exact) mass is 296 g/mol. The molecule has 4 rings (SSSR count). The van der Waals surface area contributed by atoms with Crippen LogP contribution in [0.3, 0.4) is 0 Å². The number of fused-ring (bicyclic) bond motifs is 1. The van der Waals surface area contributed by atoms with E-state index in [0.29, 0.717) is 23.1 Å². The molecule has 22 heavy (non-hydrogen) atoms. The molecule has 3 aromatic rings. The Morgan fingerprint density at radius 1 is 1.32 bits per heavy atom. The average Bonchev–Trinajstić information content (AvgIpc) is 3.02. The first-order valence-electron chi connectivity index (χ1n) is 7.37. The van der Waals surface area contributed by atoms with Gasteiger partial charge in [-0.1, -0.05) is 0 Å². The number of nitrogens with zero attached hydrogens (tertiary/aromatic N) is 5. The number of pyridine rings is 1. The minimum atomic E-state index is -0.165. The largest absolute Gasteiger partial charge is 0.320 e. The van der Waals surface area contributed by atoms with Crippen molar-refractivity contribution >= 4 is 17.2 Å². The molecule has 0 unspecified atom stereocenters. The molecule has 0 bridgehead atoms. The summed E-state index contributed by atoms with van der Waals surface area (Å²) in [6.45, 7) is 1.83. The number of carbonyl (C=O) groups is 1. The van der Waals surface area contributed by atoms with E-state index in [0.717, 1.165) is 18.5 Å². The molecular formula is C15H16N6O. The molecule has 0 aliphatic heterocycles. The Kier molecular flexibility index (Phi) is 2.92. The van der Waals surface area contributed by atoms with Crippen molar-refractivity contribution in [2.75, 3.05) is 5.32 Å². The van der Waals surface area contributed by atoms with Gasteiger partial charge in [0, 0.05) is 6.20 Å². The fraction of sp³-hybridized carbons (Fsp3) is 0.333. The summed E-state index contributed by atoms with van der Waals surface area (Å²) >= 11 is 0. The average molecular weight is 296 g/mol. The first-order valence-corrected chi connectivity index (χ1v) is 7.37. The molecule has 3 heterocycles. The molecular weight excluding hydrogens is 280 g/mol. The Morgan fingerprint density at radius 3 is 2.95 bits per heavy atom. The van der Waals surface area contributed by atoms with Crippen molar-refractivity contribution in [3.8, 4) is 0 Å². The van der Waals surface area contributed by atoms with Gasteiger partial charge in [0.05, 0.1) is 29.7 Å². The number of nitrogens with one attached hydrogen (secondary N) is 1. The lowest BCUT2D eigenvalue weighted by Crippen LogP contribution is -2.17. The number of carbonyl (C=O) groups excluding carboxylic acids is 1. The maximum atomic E-state index is 12.3. The lowest BCUT2D eigenvalue weighted by Gasteiger charge is -2.25. The number of anilines is 1. The van der Waals surface area contributed by atoms with Crippen molar-refractivity contribution < 1.29 is 4.79 Å². The second kappa shape index (κ2) is 4.94. The summed E-state index contributed by atoms with van der Waals surface area (Å²) in [5.41, 5.74) is 2.01. The van der Waals surface area contributed by atoms with Gasteiger partial charge < -0.3 is 5.32 Å². The lowest BCUT2D eigenvalue weighted by atomic mass is 9.93. The van der Waals surface area contributed by atoms with Crippen molar-refractivity contribution in [2.45, 2.75) is 32.2 Å². The zero-order chi connectivity index (χ0) is 15.1. The molecule has 0 radical (unpaired) electrons. The predicted molar refractivity (Wildman–Crippen MR) is 80.8 cm³/mol. The quantitative estimate of drug-likeness (QED) is 0.804. The Morgan fingerprint density at radius 2 is 2.18 bits per heavy atom. The van der Waals surface area contributed by atoms with Gasteiger partial charge in [0.25, 0.3) is 5.91 Å². The fourth-order valence-corrected chi connectivity index (χ4v) is 2.58. The minimum Gasteiger partial charge on any atom is -0.320 e. The van der Waals surface area contributed by atoms with E-state index in [1.54, 1.807) is 16.9 Å². The summed E-state index contributed by atoms with van der Waals surface area (Å²) in [5.74, 6) is 0.534. The first kappa shape index (κ1) is 13.0. The first-order chi connectivity index (χ1) is 10.7. The normalized spacial score (nSPS) is 15.0. The third-order valence-electron chi connectivity index (χ3n) is 4.01. The second-order valence-corrected chi connectivity index (χ2v) is 5.63. The van der Waals surface area contributed by atoms with E-state index in [2.05, 4.69) is 20.5 Å². The van der Waals surface area contributed by atoms with Gasteiger partial charge in [-0.2, -0.15) is 10.2 Å². The van der Waals surface area contributed by atoms with E-state index < -0.39 is 0 Å². The number of aromatic nitrogens is 5. The molecule has 0 spiro atoms. The molecule has 0 aromatic carbocycles. The van der Waals surface area contributed by atoms with Crippen molar-refractivity contribution in [1.29, 1.82) is 0 Å². The van der Waals surface area contributed by atoms with Crippen LogP contribution in [0.5, 0.6) is 0 Å². The van der Waals surface area contributed by atoms with Crippen molar-refractivity contribution in [2.24, 2.45) is 0 Å². The number of rotatable bonds is 3. The molecule has 1 amide bonds. The van der Waals surface area contributed by atoms with Gasteiger partial charge in [0.2, 0.25) is 0 Å². The maximum absolute atomic E-state index is 12.3. The van der Waals surface area contributed by atoms with Crippen molar-refractivity contribution in [1.82, 2.24) is 24.4 Å². The van der Waals surface area contributed by atoms with Crippen LogP contribution in [0.25, 0.3) is 5.65 Å². The standard InChI is InChI=1S/C15H16N6O/c1-10-17-14-6-5-12(9-21(14)19-10)18-15(22)11-7-16-20(8-11)13-3-2-4-13/h5-9,13H,2-4H2,1H3,(H,18,22). The van der Waals surface area contributed by atoms with E-state index in [1.165, 1.54) is 6.42 Å². The van der Waals surface area contributed by atoms with Crippen LogP contribution in [0.1, 0.15) is 41.5 Å². The van der Waals surface area contributed by atoms with Crippen LogP contribution in [-0.4, -0.2) is 30.3 Å². The van der Waals surface area contributed by atoms with Crippen molar-refractivity contribution in [3.05, 3.63) is 42.1 Å². The van der Waals surface area contributed by atoms with Gasteiger partial charge in [-0.15, -0.1) is 0 Å². The molecule has 0 atom stereocenters. The summed E-state index contributed by atoms with van der Waals surface area (Å²) in [6.07, 6.45) is 8.71. The fourth-order valence-electron chi connectivity index (χ4n) is 2.58. The van der Waals surface area contributed by atoms with Crippen LogP contribution in [0.15, 0.2) is 30.7 Å².